The number of nitrogens with one attached hydrogen (secondary N) is 1. The Labute approximate surface area is 155 Å². The van der Waals surface area contributed by atoms with E-state index >= 15 is 0 Å². The zero-order chi connectivity index (χ0) is 17.8. The maximum Gasteiger partial charge on any atom is 0.262 e. The molecule has 25 heavy (non-hydrogen) atoms. The van der Waals surface area contributed by atoms with Gasteiger partial charge in [-0.25, -0.2) is 0 Å². The van der Waals surface area contributed by atoms with Crippen LogP contribution in [-0.4, -0.2) is 21.3 Å². The number of hydrogen-bond donors (Lipinski definition) is 1. The predicted octanol–water partition coefficient (Wildman–Crippen LogP) is 4.88. The molecule has 0 saturated carbocycles. The van der Waals surface area contributed by atoms with Crippen LogP contribution in [0.2, 0.25) is 5.02 Å². The van der Waals surface area contributed by atoms with E-state index in [2.05, 4.69) is 27.9 Å². The summed E-state index contributed by atoms with van der Waals surface area (Å²) in [5, 5.41) is 3.18. The van der Waals surface area contributed by atoms with Crippen LogP contribution in [0.3, 0.4) is 0 Å². The molecule has 0 bridgehead atoms. The van der Waals surface area contributed by atoms with Crippen LogP contribution >= 0.6 is 23.3 Å². The van der Waals surface area contributed by atoms with E-state index < -0.39 is 0 Å². The van der Waals surface area contributed by atoms with E-state index in [1.54, 1.807) is 12.1 Å². The summed E-state index contributed by atoms with van der Waals surface area (Å²) in [5.74, 6) is 0.863. The molecule has 5 nitrogen and oxygen atoms in total. The fraction of sp³-hybridized carbons (Fsp3) is 0.278. The van der Waals surface area contributed by atoms with E-state index in [1.165, 1.54) is 5.56 Å². The standard InChI is InChI=1S/C18H18ClN3O2S/c1-3-11(2)12-4-6-13(7-5-12)24-10-16(23)20-17-14(19)8-9-15-18(17)22-25-21-15/h4-9,11H,3,10H2,1-2H3,(H,20,23)/t11-/m1/s1. The lowest BCUT2D eigenvalue weighted by Crippen LogP contribution is -2.20. The first-order valence-electron chi connectivity index (χ1n) is 8.02. The Morgan fingerprint density at radius 1 is 1.24 bits per heavy atom. The van der Waals surface area contributed by atoms with Crippen molar-refractivity contribution in [2.45, 2.75) is 26.2 Å². The maximum absolute atomic E-state index is 12.2. The van der Waals surface area contributed by atoms with E-state index in [1.807, 2.05) is 24.3 Å². The predicted molar refractivity (Wildman–Crippen MR) is 102 cm³/mol. The number of aromatic nitrogens is 2. The van der Waals surface area contributed by atoms with E-state index in [4.69, 9.17) is 16.3 Å². The highest BCUT2D eigenvalue weighted by Gasteiger charge is 2.13. The fourth-order valence-corrected chi connectivity index (χ4v) is 3.14. The van der Waals surface area contributed by atoms with Crippen LogP contribution in [0.25, 0.3) is 11.0 Å². The van der Waals surface area contributed by atoms with Crippen molar-refractivity contribution in [2.75, 3.05) is 11.9 Å². The second-order valence-corrected chi connectivity index (χ2v) is 6.71. The molecule has 0 saturated heterocycles. The summed E-state index contributed by atoms with van der Waals surface area (Å²) in [6.45, 7) is 4.23. The number of halogens is 1. The minimum Gasteiger partial charge on any atom is -0.484 e. The number of nitrogens with zero attached hydrogens (tertiary/aromatic N) is 2. The zero-order valence-electron chi connectivity index (χ0n) is 14.0. The van der Waals surface area contributed by atoms with Crippen molar-refractivity contribution in [3.05, 3.63) is 47.0 Å². The average Bonchev–Trinajstić information content (AvgIpc) is 3.11. The average molecular weight is 376 g/mol. The van der Waals surface area contributed by atoms with Gasteiger partial charge >= 0.3 is 0 Å². The minimum absolute atomic E-state index is 0.104. The Bertz CT molecular complexity index is 880. The molecular weight excluding hydrogens is 358 g/mol. The summed E-state index contributed by atoms with van der Waals surface area (Å²) in [6, 6.07) is 11.3. The van der Waals surface area contributed by atoms with E-state index in [9.17, 15) is 4.79 Å². The van der Waals surface area contributed by atoms with E-state index in [-0.39, 0.29) is 12.5 Å². The van der Waals surface area contributed by atoms with E-state index in [0.717, 1.165) is 18.1 Å². The summed E-state index contributed by atoms with van der Waals surface area (Å²) < 4.78 is 13.9. The molecule has 130 valence electrons. The number of rotatable bonds is 6. The molecule has 0 unspecified atom stereocenters. The number of amides is 1. The maximum atomic E-state index is 12.2. The molecule has 7 heteroatoms. The first-order chi connectivity index (χ1) is 12.1. The van der Waals surface area contributed by atoms with Crippen LogP contribution in [-0.2, 0) is 4.79 Å². The SMILES string of the molecule is CC[C@@H](C)c1ccc(OCC(=O)Nc2c(Cl)ccc3nsnc23)cc1. The number of carbonyl (C=O) groups is 1. The Balaban J connectivity index is 1.63. The monoisotopic (exact) mass is 375 g/mol. The topological polar surface area (TPSA) is 64.1 Å². The highest BCUT2D eigenvalue weighted by atomic mass is 35.5. The first kappa shape index (κ1) is 17.6. The van der Waals surface area contributed by atoms with Gasteiger partial charge in [-0.3, -0.25) is 4.79 Å². The quantitative estimate of drug-likeness (QED) is 0.667. The summed E-state index contributed by atoms with van der Waals surface area (Å²) in [7, 11) is 0. The van der Waals surface area contributed by atoms with Crippen LogP contribution in [0.15, 0.2) is 36.4 Å². The van der Waals surface area contributed by atoms with E-state index in [0.29, 0.717) is 33.4 Å². The van der Waals surface area contributed by atoms with Crippen LogP contribution < -0.4 is 10.1 Å². The fourth-order valence-electron chi connectivity index (χ4n) is 2.40. The van der Waals surface area contributed by atoms with Crippen molar-refractivity contribution in [2.24, 2.45) is 0 Å². The van der Waals surface area contributed by atoms with Crippen LogP contribution in [0.4, 0.5) is 5.69 Å². The molecule has 3 rings (SSSR count). The molecule has 1 amide bonds. The van der Waals surface area contributed by atoms with Crippen molar-refractivity contribution in [3.8, 4) is 5.75 Å². The highest BCUT2D eigenvalue weighted by Crippen LogP contribution is 2.30. The van der Waals surface area contributed by atoms with Crippen molar-refractivity contribution in [3.63, 3.8) is 0 Å². The number of ether oxygens (including phenoxy) is 1. The van der Waals surface area contributed by atoms with Gasteiger partial charge in [-0.15, -0.1) is 0 Å². The molecule has 0 radical (unpaired) electrons. The van der Waals surface area contributed by atoms with Gasteiger partial charge in [0.1, 0.15) is 16.8 Å². The smallest absolute Gasteiger partial charge is 0.262 e. The molecular formula is C18H18ClN3O2S. The largest absolute Gasteiger partial charge is 0.484 e. The lowest BCUT2D eigenvalue weighted by molar-refractivity contribution is -0.118. The van der Waals surface area contributed by atoms with Gasteiger partial charge in [0.15, 0.2) is 6.61 Å². The van der Waals surface area contributed by atoms with Gasteiger partial charge in [0.25, 0.3) is 5.91 Å². The Morgan fingerprint density at radius 2 is 2.00 bits per heavy atom. The zero-order valence-corrected chi connectivity index (χ0v) is 15.5. The summed E-state index contributed by atoms with van der Waals surface area (Å²) in [4.78, 5) is 12.2. The summed E-state index contributed by atoms with van der Waals surface area (Å²) in [5.41, 5.74) is 3.01. The Kier molecular flexibility index (Phi) is 5.50. The highest BCUT2D eigenvalue weighted by molar-refractivity contribution is 7.00. The van der Waals surface area contributed by atoms with Gasteiger partial charge in [0.2, 0.25) is 0 Å². The van der Waals surface area contributed by atoms with Crippen molar-refractivity contribution < 1.29 is 9.53 Å². The normalized spacial score (nSPS) is 12.1. The van der Waals surface area contributed by atoms with Crippen LogP contribution in [0.1, 0.15) is 31.7 Å². The molecule has 1 atom stereocenters. The van der Waals surface area contributed by atoms with Crippen LogP contribution in [0.5, 0.6) is 5.75 Å². The van der Waals surface area contributed by atoms with Crippen molar-refractivity contribution in [1.82, 2.24) is 8.75 Å². The Morgan fingerprint density at radius 3 is 2.72 bits per heavy atom. The molecule has 1 N–H and O–H groups in total. The van der Waals surface area contributed by atoms with Gasteiger partial charge in [-0.05, 0) is 42.2 Å². The molecule has 0 aliphatic carbocycles. The van der Waals surface area contributed by atoms with Gasteiger partial charge in [-0.2, -0.15) is 8.75 Å². The molecule has 1 aromatic heterocycles. The molecule has 1 heterocycles. The lowest BCUT2D eigenvalue weighted by atomic mass is 9.99. The number of hydrogen-bond acceptors (Lipinski definition) is 5. The second-order valence-electron chi connectivity index (χ2n) is 5.77. The number of benzene rings is 2. The molecule has 0 spiro atoms. The van der Waals surface area contributed by atoms with Gasteiger partial charge in [0.05, 0.1) is 22.4 Å². The number of anilines is 1. The van der Waals surface area contributed by atoms with Gasteiger partial charge in [0, 0.05) is 0 Å². The summed E-state index contributed by atoms with van der Waals surface area (Å²) >= 11 is 7.24. The van der Waals surface area contributed by atoms with Crippen molar-refractivity contribution >= 4 is 46.0 Å². The molecule has 0 aliphatic rings. The molecule has 0 aliphatic heterocycles. The third kappa shape index (κ3) is 4.08. The third-order valence-electron chi connectivity index (χ3n) is 4.07. The number of carbonyl (C=O) groups excluding carboxylic acids is 1. The number of fused-ring (bicyclic) bond motifs is 1. The lowest BCUT2D eigenvalue weighted by Gasteiger charge is -2.11. The molecule has 0 fully saturated rings. The molecule has 3 aromatic rings. The first-order valence-corrected chi connectivity index (χ1v) is 9.12. The minimum atomic E-state index is -0.298. The Hall–Kier alpha value is -2.18. The van der Waals surface area contributed by atoms with Gasteiger partial charge < -0.3 is 10.1 Å². The van der Waals surface area contributed by atoms with Crippen LogP contribution in [0, 0.1) is 0 Å². The third-order valence-corrected chi connectivity index (χ3v) is 4.93. The summed E-state index contributed by atoms with van der Waals surface area (Å²) in [6.07, 6.45) is 1.08. The second kappa shape index (κ2) is 7.80. The van der Waals surface area contributed by atoms with Crippen molar-refractivity contribution in [1.29, 1.82) is 0 Å². The molecule has 2 aromatic carbocycles. The van der Waals surface area contributed by atoms with Gasteiger partial charge in [-0.1, -0.05) is 37.6 Å².